The zero-order valence-electron chi connectivity index (χ0n) is 11.8. The molecule has 0 saturated heterocycles. The number of rotatable bonds is 7. The summed E-state index contributed by atoms with van der Waals surface area (Å²) in [6, 6.07) is 11.3. The second kappa shape index (κ2) is 7.51. The van der Waals surface area contributed by atoms with Crippen molar-refractivity contribution in [1.29, 1.82) is 0 Å². The van der Waals surface area contributed by atoms with Crippen LogP contribution in [0.4, 0.5) is 5.69 Å². The van der Waals surface area contributed by atoms with Crippen molar-refractivity contribution < 1.29 is 19.1 Å². The maximum atomic E-state index is 10.9. The summed E-state index contributed by atoms with van der Waals surface area (Å²) in [4.78, 5) is 10.4. The van der Waals surface area contributed by atoms with E-state index in [0.29, 0.717) is 5.75 Å². The second-order valence-electron chi connectivity index (χ2n) is 4.24. The molecule has 6 nitrogen and oxygen atoms in total. The Labute approximate surface area is 132 Å². The Morgan fingerprint density at radius 2 is 1.68 bits per heavy atom. The van der Waals surface area contributed by atoms with Gasteiger partial charge in [0.2, 0.25) is 0 Å². The molecule has 0 unspecified atom stereocenters. The molecule has 2 aromatic rings. The molecule has 2 rings (SSSR count). The zero-order chi connectivity index (χ0) is 15.9. The van der Waals surface area contributed by atoms with E-state index in [1.807, 2.05) is 0 Å². The summed E-state index contributed by atoms with van der Waals surface area (Å²) in [6.07, 6.45) is 0. The molecule has 7 heteroatoms. The van der Waals surface area contributed by atoms with Gasteiger partial charge in [-0.1, -0.05) is 11.6 Å². The van der Waals surface area contributed by atoms with Gasteiger partial charge in [-0.3, -0.25) is 10.1 Å². The van der Waals surface area contributed by atoms with E-state index in [9.17, 15) is 10.1 Å². The van der Waals surface area contributed by atoms with Crippen molar-refractivity contribution >= 4 is 17.3 Å². The third-order valence-electron chi connectivity index (χ3n) is 2.79. The molecule has 22 heavy (non-hydrogen) atoms. The Balaban J connectivity index is 1.87. The molecule has 0 bridgehead atoms. The third-order valence-corrected chi connectivity index (χ3v) is 3.02. The highest BCUT2D eigenvalue weighted by molar-refractivity contribution is 6.30. The SMILES string of the molecule is COc1ccc(OCCOc2ccc(Cl)cc2[N+](=O)[O-])cc1. The van der Waals surface area contributed by atoms with Crippen molar-refractivity contribution in [3.63, 3.8) is 0 Å². The van der Waals surface area contributed by atoms with Crippen LogP contribution in [0, 0.1) is 10.1 Å². The lowest BCUT2D eigenvalue weighted by Crippen LogP contribution is -2.09. The van der Waals surface area contributed by atoms with E-state index in [4.69, 9.17) is 25.8 Å². The van der Waals surface area contributed by atoms with Crippen molar-refractivity contribution in [1.82, 2.24) is 0 Å². The average molecular weight is 324 g/mol. The monoisotopic (exact) mass is 323 g/mol. The van der Waals surface area contributed by atoms with Gasteiger partial charge in [0.1, 0.15) is 24.7 Å². The molecule has 2 aromatic carbocycles. The number of methoxy groups -OCH3 is 1. The van der Waals surface area contributed by atoms with Crippen LogP contribution in [0.5, 0.6) is 17.2 Å². The number of nitrogens with zero attached hydrogens (tertiary/aromatic N) is 1. The first-order valence-corrected chi connectivity index (χ1v) is 6.81. The summed E-state index contributed by atoms with van der Waals surface area (Å²) in [5.41, 5.74) is -0.169. The minimum Gasteiger partial charge on any atom is -0.497 e. The highest BCUT2D eigenvalue weighted by atomic mass is 35.5. The number of hydrogen-bond acceptors (Lipinski definition) is 5. The minimum atomic E-state index is -0.536. The molecule has 0 aliphatic carbocycles. The summed E-state index contributed by atoms with van der Waals surface area (Å²) in [5, 5.41) is 11.2. The van der Waals surface area contributed by atoms with Crippen LogP contribution < -0.4 is 14.2 Å². The molecule has 116 valence electrons. The molecule has 0 aromatic heterocycles. The molecular formula is C15H14ClNO5. The summed E-state index contributed by atoms with van der Waals surface area (Å²) < 4.78 is 15.9. The summed E-state index contributed by atoms with van der Waals surface area (Å²) >= 11 is 5.73. The molecule has 0 atom stereocenters. The third kappa shape index (κ3) is 4.26. The second-order valence-corrected chi connectivity index (χ2v) is 4.68. The lowest BCUT2D eigenvalue weighted by atomic mass is 10.3. The maximum absolute atomic E-state index is 10.9. The highest BCUT2D eigenvalue weighted by Crippen LogP contribution is 2.29. The van der Waals surface area contributed by atoms with Crippen molar-refractivity contribution in [2.45, 2.75) is 0 Å². The van der Waals surface area contributed by atoms with E-state index in [-0.39, 0.29) is 29.7 Å². The molecule has 0 radical (unpaired) electrons. The van der Waals surface area contributed by atoms with Gasteiger partial charge in [0.05, 0.1) is 12.0 Å². The van der Waals surface area contributed by atoms with Gasteiger partial charge in [0.15, 0.2) is 5.75 Å². The quantitative estimate of drug-likeness (QED) is 0.441. The number of hydrogen-bond donors (Lipinski definition) is 0. The Morgan fingerprint density at radius 1 is 1.05 bits per heavy atom. The van der Waals surface area contributed by atoms with Crippen LogP contribution >= 0.6 is 11.6 Å². The van der Waals surface area contributed by atoms with Gasteiger partial charge in [-0.25, -0.2) is 0 Å². The van der Waals surface area contributed by atoms with Crippen LogP contribution in [0.15, 0.2) is 42.5 Å². The van der Waals surface area contributed by atoms with Gasteiger partial charge >= 0.3 is 5.69 Å². The van der Waals surface area contributed by atoms with Crippen LogP contribution in [0.2, 0.25) is 5.02 Å². The number of ether oxygens (including phenoxy) is 3. The topological polar surface area (TPSA) is 70.8 Å². The van der Waals surface area contributed by atoms with Crippen LogP contribution in [-0.4, -0.2) is 25.2 Å². The molecule has 0 amide bonds. The Morgan fingerprint density at radius 3 is 2.32 bits per heavy atom. The lowest BCUT2D eigenvalue weighted by molar-refractivity contribution is -0.385. The van der Waals surface area contributed by atoms with Crippen molar-refractivity contribution in [2.75, 3.05) is 20.3 Å². The smallest absolute Gasteiger partial charge is 0.312 e. The number of halogens is 1. The zero-order valence-corrected chi connectivity index (χ0v) is 12.6. The number of nitro benzene ring substituents is 1. The minimum absolute atomic E-state index is 0.160. The summed E-state index contributed by atoms with van der Waals surface area (Å²) in [7, 11) is 1.59. The van der Waals surface area contributed by atoms with E-state index in [2.05, 4.69) is 0 Å². The molecule has 0 aliphatic rings. The molecule has 0 N–H and O–H groups in total. The predicted molar refractivity (Wildman–Crippen MR) is 82.1 cm³/mol. The van der Waals surface area contributed by atoms with Crippen LogP contribution in [-0.2, 0) is 0 Å². The van der Waals surface area contributed by atoms with Crippen LogP contribution in [0.1, 0.15) is 0 Å². The van der Waals surface area contributed by atoms with Gasteiger partial charge in [-0.05, 0) is 36.4 Å². The average Bonchev–Trinajstić information content (AvgIpc) is 2.53. The fourth-order valence-corrected chi connectivity index (χ4v) is 1.90. The van der Waals surface area contributed by atoms with Crippen molar-refractivity contribution in [3.8, 4) is 17.2 Å². The number of nitro groups is 1. The Bertz CT molecular complexity index is 645. The summed E-state index contributed by atoms with van der Waals surface area (Å²) in [6.45, 7) is 0.431. The summed E-state index contributed by atoms with van der Waals surface area (Å²) in [5.74, 6) is 1.56. The molecule has 0 aliphatic heterocycles. The standard InChI is InChI=1S/C15H14ClNO5/c1-20-12-3-5-13(6-4-12)21-8-9-22-15-7-2-11(16)10-14(15)17(18)19/h2-7,10H,8-9H2,1H3. The van der Waals surface area contributed by atoms with E-state index in [1.165, 1.54) is 18.2 Å². The highest BCUT2D eigenvalue weighted by Gasteiger charge is 2.15. The Kier molecular flexibility index (Phi) is 5.43. The van der Waals surface area contributed by atoms with Crippen LogP contribution in [0.25, 0.3) is 0 Å². The first kappa shape index (κ1) is 15.9. The molecule has 0 spiro atoms. The maximum Gasteiger partial charge on any atom is 0.312 e. The van der Waals surface area contributed by atoms with Gasteiger partial charge in [-0.15, -0.1) is 0 Å². The van der Waals surface area contributed by atoms with Gasteiger partial charge in [-0.2, -0.15) is 0 Å². The van der Waals surface area contributed by atoms with E-state index < -0.39 is 4.92 Å². The van der Waals surface area contributed by atoms with Gasteiger partial charge in [0.25, 0.3) is 0 Å². The van der Waals surface area contributed by atoms with E-state index in [1.54, 1.807) is 31.4 Å². The van der Waals surface area contributed by atoms with Crippen LogP contribution in [0.3, 0.4) is 0 Å². The predicted octanol–water partition coefficient (Wildman–Crippen LogP) is 3.71. The van der Waals surface area contributed by atoms with Crippen molar-refractivity contribution in [3.05, 3.63) is 57.6 Å². The van der Waals surface area contributed by atoms with Gasteiger partial charge in [0, 0.05) is 11.1 Å². The largest absolute Gasteiger partial charge is 0.497 e. The van der Waals surface area contributed by atoms with Crippen molar-refractivity contribution in [2.24, 2.45) is 0 Å². The Hall–Kier alpha value is -2.47. The molecule has 0 heterocycles. The first-order valence-electron chi connectivity index (χ1n) is 6.44. The molecular weight excluding hydrogens is 310 g/mol. The molecule has 0 saturated carbocycles. The lowest BCUT2D eigenvalue weighted by Gasteiger charge is -2.09. The number of benzene rings is 2. The normalized spacial score (nSPS) is 10.1. The first-order chi connectivity index (χ1) is 10.6. The fourth-order valence-electron chi connectivity index (χ4n) is 1.74. The van der Waals surface area contributed by atoms with E-state index >= 15 is 0 Å². The van der Waals surface area contributed by atoms with Gasteiger partial charge < -0.3 is 14.2 Å². The van der Waals surface area contributed by atoms with E-state index in [0.717, 1.165) is 5.75 Å². The molecule has 0 fully saturated rings. The fraction of sp³-hybridized carbons (Fsp3) is 0.200.